The van der Waals surface area contributed by atoms with Crippen LogP contribution in [-0.2, 0) is 0 Å². The van der Waals surface area contributed by atoms with Gasteiger partial charge in [-0.05, 0) is 14.1 Å². The van der Waals surface area contributed by atoms with E-state index in [0.717, 1.165) is 13.1 Å². The van der Waals surface area contributed by atoms with E-state index in [2.05, 4.69) is 5.32 Å². The number of hydrogen-bond donors (Lipinski definition) is 1. The zero-order valence-corrected chi connectivity index (χ0v) is 7.17. The van der Waals surface area contributed by atoms with E-state index in [1.807, 2.05) is 19.0 Å². The molecule has 0 radical (unpaired) electrons. The molecule has 4 heteroatoms. The molecule has 0 aliphatic carbocycles. The lowest BCUT2D eigenvalue weighted by Crippen LogP contribution is -2.68. The Morgan fingerprint density at radius 3 is 2.00 bits per heavy atom. The van der Waals surface area contributed by atoms with Gasteiger partial charge in [-0.15, -0.1) is 12.4 Å². The first-order valence-corrected chi connectivity index (χ1v) is 3.15. The summed E-state index contributed by atoms with van der Waals surface area (Å²) in [5, 5.41) is 3.05. The predicted octanol–water partition coefficient (Wildman–Crippen LogP) is 0.281. The van der Waals surface area contributed by atoms with Crippen molar-refractivity contribution >= 4 is 12.4 Å². The zero-order valence-electron chi connectivity index (χ0n) is 6.35. The molecule has 0 spiro atoms. The van der Waals surface area contributed by atoms with Crippen LogP contribution in [0, 0.1) is 0 Å². The standard InChI is InChI=1S/C6H13FN2.ClH/c1-9(2)6(3-7)4-8-5-6;/h8H,3-5H2,1-2H3;1H. The maximum absolute atomic E-state index is 12.3. The van der Waals surface area contributed by atoms with Crippen LogP contribution in [0.1, 0.15) is 0 Å². The fourth-order valence-electron chi connectivity index (χ4n) is 0.944. The molecule has 10 heavy (non-hydrogen) atoms. The highest BCUT2D eigenvalue weighted by molar-refractivity contribution is 5.85. The lowest BCUT2D eigenvalue weighted by molar-refractivity contribution is 0.0575. The summed E-state index contributed by atoms with van der Waals surface area (Å²) in [6.45, 7) is 1.33. The summed E-state index contributed by atoms with van der Waals surface area (Å²) in [5.74, 6) is 0. The number of likely N-dealkylation sites (N-methyl/N-ethyl adjacent to an activating group) is 1. The van der Waals surface area contributed by atoms with Crippen LogP contribution in [0.2, 0.25) is 0 Å². The van der Waals surface area contributed by atoms with Crippen LogP contribution in [0.15, 0.2) is 0 Å². The molecule has 0 atom stereocenters. The molecule has 1 N–H and O–H groups in total. The van der Waals surface area contributed by atoms with Crippen LogP contribution in [0.25, 0.3) is 0 Å². The molecule has 0 amide bonds. The first-order valence-electron chi connectivity index (χ1n) is 3.15. The normalized spacial score (nSPS) is 21.6. The molecular weight excluding hydrogens is 155 g/mol. The van der Waals surface area contributed by atoms with Gasteiger partial charge in [-0.1, -0.05) is 0 Å². The van der Waals surface area contributed by atoms with Gasteiger partial charge in [-0.3, -0.25) is 4.90 Å². The number of hydrogen-bond acceptors (Lipinski definition) is 2. The quantitative estimate of drug-likeness (QED) is 0.638. The average Bonchev–Trinajstić information content (AvgIpc) is 1.62. The van der Waals surface area contributed by atoms with E-state index in [9.17, 15) is 4.39 Å². The van der Waals surface area contributed by atoms with Gasteiger partial charge in [0.1, 0.15) is 6.67 Å². The summed E-state index contributed by atoms with van der Waals surface area (Å²) in [5.41, 5.74) is -0.181. The molecule has 1 heterocycles. The third kappa shape index (κ3) is 1.41. The van der Waals surface area contributed by atoms with Crippen LogP contribution in [0.3, 0.4) is 0 Å². The van der Waals surface area contributed by atoms with Crippen molar-refractivity contribution < 1.29 is 4.39 Å². The highest BCUT2D eigenvalue weighted by atomic mass is 35.5. The highest BCUT2D eigenvalue weighted by Crippen LogP contribution is 2.17. The minimum Gasteiger partial charge on any atom is -0.313 e. The molecular formula is C6H14ClFN2. The van der Waals surface area contributed by atoms with Crippen molar-refractivity contribution in [1.29, 1.82) is 0 Å². The van der Waals surface area contributed by atoms with Crippen molar-refractivity contribution in [1.82, 2.24) is 10.2 Å². The summed E-state index contributed by atoms with van der Waals surface area (Å²) in [7, 11) is 3.83. The van der Waals surface area contributed by atoms with E-state index >= 15 is 0 Å². The Morgan fingerprint density at radius 1 is 1.50 bits per heavy atom. The van der Waals surface area contributed by atoms with Gasteiger partial charge in [-0.25, -0.2) is 4.39 Å². The van der Waals surface area contributed by atoms with Gasteiger partial charge in [0.2, 0.25) is 0 Å². The molecule has 62 valence electrons. The van der Waals surface area contributed by atoms with E-state index in [0.29, 0.717) is 0 Å². The lowest BCUT2D eigenvalue weighted by atomic mass is 9.93. The molecule has 1 fully saturated rings. The van der Waals surface area contributed by atoms with Gasteiger partial charge in [-0.2, -0.15) is 0 Å². The van der Waals surface area contributed by atoms with Gasteiger partial charge < -0.3 is 5.32 Å². The van der Waals surface area contributed by atoms with Gasteiger partial charge in [0.15, 0.2) is 0 Å². The largest absolute Gasteiger partial charge is 0.313 e. The summed E-state index contributed by atoms with van der Waals surface area (Å²) < 4.78 is 12.3. The Labute approximate surface area is 67.2 Å². The number of rotatable bonds is 2. The SMILES string of the molecule is CN(C)C1(CF)CNC1.Cl. The molecule has 0 bridgehead atoms. The molecule has 0 aromatic carbocycles. The monoisotopic (exact) mass is 168 g/mol. The molecule has 1 aliphatic heterocycles. The van der Waals surface area contributed by atoms with Gasteiger partial charge >= 0.3 is 0 Å². The molecule has 1 rings (SSSR count). The second kappa shape index (κ2) is 3.51. The predicted molar refractivity (Wildman–Crippen MR) is 42.5 cm³/mol. The summed E-state index contributed by atoms with van der Waals surface area (Å²) >= 11 is 0. The van der Waals surface area contributed by atoms with Crippen molar-refractivity contribution in [2.75, 3.05) is 33.9 Å². The van der Waals surface area contributed by atoms with Crippen molar-refractivity contribution in [2.24, 2.45) is 0 Å². The van der Waals surface area contributed by atoms with Gasteiger partial charge in [0.05, 0.1) is 5.54 Å². The Balaban J connectivity index is 0.000000810. The maximum Gasteiger partial charge on any atom is 0.110 e. The smallest absolute Gasteiger partial charge is 0.110 e. The molecule has 0 aromatic rings. The minimum atomic E-state index is -0.243. The Bertz CT molecular complexity index is 98.4. The molecule has 1 saturated heterocycles. The first-order chi connectivity index (χ1) is 4.21. The van der Waals surface area contributed by atoms with Gasteiger partial charge in [0, 0.05) is 13.1 Å². The molecule has 2 nitrogen and oxygen atoms in total. The van der Waals surface area contributed by atoms with Gasteiger partial charge in [0.25, 0.3) is 0 Å². The van der Waals surface area contributed by atoms with Crippen LogP contribution in [0.4, 0.5) is 4.39 Å². The topological polar surface area (TPSA) is 15.3 Å². The van der Waals surface area contributed by atoms with Crippen LogP contribution in [-0.4, -0.2) is 44.3 Å². The zero-order chi connectivity index (χ0) is 6.91. The van der Waals surface area contributed by atoms with Crippen molar-refractivity contribution in [3.8, 4) is 0 Å². The minimum absolute atomic E-state index is 0. The number of nitrogens with zero attached hydrogens (tertiary/aromatic N) is 1. The molecule has 1 aliphatic rings. The third-order valence-corrected chi connectivity index (χ3v) is 2.11. The van der Waals surface area contributed by atoms with E-state index in [4.69, 9.17) is 0 Å². The first kappa shape index (κ1) is 10.1. The Morgan fingerprint density at radius 2 is 2.00 bits per heavy atom. The van der Waals surface area contributed by atoms with E-state index < -0.39 is 0 Å². The maximum atomic E-state index is 12.3. The average molecular weight is 169 g/mol. The second-order valence-corrected chi connectivity index (χ2v) is 2.86. The van der Waals surface area contributed by atoms with Crippen LogP contribution >= 0.6 is 12.4 Å². The molecule has 0 aromatic heterocycles. The van der Waals surface area contributed by atoms with Crippen molar-refractivity contribution in [3.63, 3.8) is 0 Å². The number of halogens is 2. The van der Waals surface area contributed by atoms with E-state index in [1.165, 1.54) is 0 Å². The van der Waals surface area contributed by atoms with Crippen LogP contribution in [0.5, 0.6) is 0 Å². The lowest BCUT2D eigenvalue weighted by Gasteiger charge is -2.45. The fraction of sp³-hybridized carbons (Fsp3) is 1.00. The van der Waals surface area contributed by atoms with Crippen LogP contribution < -0.4 is 5.32 Å². The highest BCUT2D eigenvalue weighted by Gasteiger charge is 2.38. The Kier molecular flexibility index (Phi) is 3.56. The third-order valence-electron chi connectivity index (χ3n) is 2.11. The van der Waals surface area contributed by atoms with Crippen molar-refractivity contribution in [2.45, 2.75) is 5.54 Å². The Hall–Kier alpha value is 0.140. The summed E-state index contributed by atoms with van der Waals surface area (Å²) in [4.78, 5) is 1.95. The number of alkyl halides is 1. The summed E-state index contributed by atoms with van der Waals surface area (Å²) in [6.07, 6.45) is 0. The van der Waals surface area contributed by atoms with E-state index in [-0.39, 0.29) is 24.6 Å². The summed E-state index contributed by atoms with van der Waals surface area (Å²) in [6, 6.07) is 0. The fourth-order valence-corrected chi connectivity index (χ4v) is 0.944. The number of nitrogens with one attached hydrogen (secondary N) is 1. The molecule has 0 saturated carbocycles. The van der Waals surface area contributed by atoms with E-state index in [1.54, 1.807) is 0 Å². The second-order valence-electron chi connectivity index (χ2n) is 2.86. The molecule has 0 unspecified atom stereocenters. The van der Waals surface area contributed by atoms with Crippen molar-refractivity contribution in [3.05, 3.63) is 0 Å².